The Kier molecular flexibility index (Phi) is 2.53. The Bertz CT molecular complexity index is 552. The molecule has 1 aliphatic rings. The van der Waals surface area contributed by atoms with Gasteiger partial charge in [-0.25, -0.2) is 0 Å². The summed E-state index contributed by atoms with van der Waals surface area (Å²) in [5.74, 6) is 0. The van der Waals surface area contributed by atoms with Crippen LogP contribution in [0.4, 0.5) is 5.69 Å². The van der Waals surface area contributed by atoms with Crippen molar-refractivity contribution in [3.63, 3.8) is 0 Å². The van der Waals surface area contributed by atoms with E-state index < -0.39 is 0 Å². The summed E-state index contributed by atoms with van der Waals surface area (Å²) in [5, 5.41) is 12.4. The molecule has 0 amide bonds. The van der Waals surface area contributed by atoms with Gasteiger partial charge in [0.1, 0.15) is 0 Å². The average Bonchev–Trinajstić information content (AvgIpc) is 2.86. The van der Waals surface area contributed by atoms with Gasteiger partial charge in [-0.2, -0.15) is 0 Å². The summed E-state index contributed by atoms with van der Waals surface area (Å²) in [5.41, 5.74) is 5.32. The summed E-state index contributed by atoms with van der Waals surface area (Å²) in [6.07, 6.45) is 1.07. The van der Waals surface area contributed by atoms with E-state index >= 15 is 0 Å². The standard InChI is InChI=1S/C14H14N2O/c17-9-12-2-1-3-14(16-12)10-4-5-13-11(8-10)6-7-15-13/h1-5,8,15,17H,6-7,9H2. The topological polar surface area (TPSA) is 45.1 Å². The van der Waals surface area contributed by atoms with Crippen molar-refractivity contribution in [1.82, 2.24) is 4.98 Å². The quantitative estimate of drug-likeness (QED) is 0.825. The number of hydrogen-bond acceptors (Lipinski definition) is 3. The minimum atomic E-state index is -0.0136. The number of nitrogens with zero attached hydrogens (tertiary/aromatic N) is 1. The van der Waals surface area contributed by atoms with Crippen LogP contribution >= 0.6 is 0 Å². The predicted molar refractivity (Wildman–Crippen MR) is 67.8 cm³/mol. The molecule has 86 valence electrons. The van der Waals surface area contributed by atoms with Gasteiger partial charge in [0.25, 0.3) is 0 Å². The van der Waals surface area contributed by atoms with Gasteiger partial charge in [0.2, 0.25) is 0 Å². The van der Waals surface area contributed by atoms with Crippen molar-refractivity contribution in [2.75, 3.05) is 11.9 Å². The molecule has 0 unspecified atom stereocenters. The fourth-order valence-electron chi connectivity index (χ4n) is 2.19. The van der Waals surface area contributed by atoms with Crippen LogP contribution in [0.1, 0.15) is 11.3 Å². The second-order valence-electron chi connectivity index (χ2n) is 4.22. The molecular formula is C14H14N2O. The van der Waals surface area contributed by atoms with Crippen molar-refractivity contribution in [3.05, 3.63) is 47.7 Å². The van der Waals surface area contributed by atoms with Crippen LogP contribution in [-0.4, -0.2) is 16.6 Å². The minimum absolute atomic E-state index is 0.0136. The number of pyridine rings is 1. The lowest BCUT2D eigenvalue weighted by Crippen LogP contribution is -1.92. The Hall–Kier alpha value is -1.87. The highest BCUT2D eigenvalue weighted by Gasteiger charge is 2.11. The molecule has 0 bridgehead atoms. The van der Waals surface area contributed by atoms with Crippen LogP contribution in [0.5, 0.6) is 0 Å². The Labute approximate surface area is 100 Å². The molecule has 1 aromatic carbocycles. The lowest BCUT2D eigenvalue weighted by molar-refractivity contribution is 0.277. The average molecular weight is 226 g/mol. The van der Waals surface area contributed by atoms with Gasteiger partial charge in [-0.1, -0.05) is 12.1 Å². The Morgan fingerprint density at radius 1 is 1.24 bits per heavy atom. The Morgan fingerprint density at radius 3 is 3.06 bits per heavy atom. The first-order valence-corrected chi connectivity index (χ1v) is 5.81. The number of fused-ring (bicyclic) bond motifs is 1. The fourth-order valence-corrected chi connectivity index (χ4v) is 2.19. The molecule has 0 saturated carbocycles. The van der Waals surface area contributed by atoms with Gasteiger partial charge in [0.05, 0.1) is 18.0 Å². The molecule has 0 radical (unpaired) electrons. The van der Waals surface area contributed by atoms with Crippen molar-refractivity contribution in [1.29, 1.82) is 0 Å². The van der Waals surface area contributed by atoms with E-state index in [1.54, 1.807) is 0 Å². The molecule has 3 heteroatoms. The zero-order valence-corrected chi connectivity index (χ0v) is 9.48. The van der Waals surface area contributed by atoms with Crippen molar-refractivity contribution < 1.29 is 5.11 Å². The summed E-state index contributed by atoms with van der Waals surface area (Å²) in [6, 6.07) is 12.1. The molecule has 0 saturated heterocycles. The number of aliphatic hydroxyl groups excluding tert-OH is 1. The van der Waals surface area contributed by atoms with Crippen molar-refractivity contribution in [2.24, 2.45) is 0 Å². The molecule has 3 rings (SSSR count). The number of aromatic nitrogens is 1. The van der Waals surface area contributed by atoms with Gasteiger partial charge in [-0.05, 0) is 36.2 Å². The van der Waals surface area contributed by atoms with Gasteiger partial charge >= 0.3 is 0 Å². The predicted octanol–water partition coefficient (Wildman–Crippen LogP) is 2.21. The maximum absolute atomic E-state index is 9.09. The summed E-state index contributed by atoms with van der Waals surface area (Å²) < 4.78 is 0. The monoisotopic (exact) mass is 226 g/mol. The van der Waals surface area contributed by atoms with Gasteiger partial charge in [0.15, 0.2) is 0 Å². The van der Waals surface area contributed by atoms with Crippen LogP contribution in [-0.2, 0) is 13.0 Å². The Morgan fingerprint density at radius 2 is 2.18 bits per heavy atom. The Balaban J connectivity index is 2.03. The van der Waals surface area contributed by atoms with Crippen LogP contribution < -0.4 is 5.32 Å². The van der Waals surface area contributed by atoms with Crippen molar-refractivity contribution >= 4 is 5.69 Å². The molecule has 1 aromatic heterocycles. The maximum atomic E-state index is 9.09. The highest BCUT2D eigenvalue weighted by Crippen LogP contribution is 2.27. The highest BCUT2D eigenvalue weighted by atomic mass is 16.3. The number of nitrogens with one attached hydrogen (secondary N) is 1. The van der Waals surface area contributed by atoms with E-state index in [2.05, 4.69) is 28.5 Å². The second-order valence-corrected chi connectivity index (χ2v) is 4.22. The lowest BCUT2D eigenvalue weighted by atomic mass is 10.1. The zero-order valence-electron chi connectivity index (χ0n) is 9.48. The lowest BCUT2D eigenvalue weighted by Gasteiger charge is -2.05. The number of anilines is 1. The van der Waals surface area contributed by atoms with E-state index in [0.29, 0.717) is 5.69 Å². The van der Waals surface area contributed by atoms with Crippen LogP contribution in [0.15, 0.2) is 36.4 Å². The molecule has 1 aliphatic heterocycles. The van der Waals surface area contributed by atoms with Gasteiger partial charge in [-0.15, -0.1) is 0 Å². The molecule has 0 aliphatic carbocycles. The van der Waals surface area contributed by atoms with Gasteiger partial charge in [-0.3, -0.25) is 4.98 Å². The third-order valence-corrected chi connectivity index (χ3v) is 3.08. The van der Waals surface area contributed by atoms with E-state index in [-0.39, 0.29) is 6.61 Å². The molecular weight excluding hydrogens is 212 g/mol. The normalized spacial score (nSPS) is 13.2. The SMILES string of the molecule is OCc1cccc(-c2ccc3c(c2)CCN3)n1. The molecule has 2 N–H and O–H groups in total. The number of aliphatic hydroxyl groups is 1. The second kappa shape index (κ2) is 4.18. The molecule has 2 aromatic rings. The van der Waals surface area contributed by atoms with E-state index in [4.69, 9.17) is 5.11 Å². The van der Waals surface area contributed by atoms with Gasteiger partial charge in [0, 0.05) is 17.8 Å². The fraction of sp³-hybridized carbons (Fsp3) is 0.214. The number of rotatable bonds is 2. The summed E-state index contributed by atoms with van der Waals surface area (Å²) in [7, 11) is 0. The first-order valence-electron chi connectivity index (χ1n) is 5.81. The van der Waals surface area contributed by atoms with Crippen LogP contribution in [0, 0.1) is 0 Å². The third kappa shape index (κ3) is 1.89. The number of hydrogen-bond donors (Lipinski definition) is 2. The van der Waals surface area contributed by atoms with E-state index in [1.807, 2.05) is 18.2 Å². The van der Waals surface area contributed by atoms with E-state index in [0.717, 1.165) is 24.2 Å². The molecule has 2 heterocycles. The first kappa shape index (κ1) is 10.3. The first-order chi connectivity index (χ1) is 8.36. The number of benzene rings is 1. The van der Waals surface area contributed by atoms with E-state index in [9.17, 15) is 0 Å². The van der Waals surface area contributed by atoms with Crippen LogP contribution in [0.2, 0.25) is 0 Å². The van der Waals surface area contributed by atoms with Gasteiger partial charge < -0.3 is 10.4 Å². The van der Waals surface area contributed by atoms with Crippen molar-refractivity contribution in [3.8, 4) is 11.3 Å². The molecule has 17 heavy (non-hydrogen) atoms. The zero-order chi connectivity index (χ0) is 11.7. The highest BCUT2D eigenvalue weighted by molar-refractivity contribution is 5.67. The molecule has 0 atom stereocenters. The summed E-state index contributed by atoms with van der Waals surface area (Å²) >= 11 is 0. The summed E-state index contributed by atoms with van der Waals surface area (Å²) in [6.45, 7) is 1.00. The minimum Gasteiger partial charge on any atom is -0.390 e. The van der Waals surface area contributed by atoms with Crippen molar-refractivity contribution in [2.45, 2.75) is 13.0 Å². The smallest absolute Gasteiger partial charge is 0.0853 e. The van der Waals surface area contributed by atoms with Crippen LogP contribution in [0.25, 0.3) is 11.3 Å². The third-order valence-electron chi connectivity index (χ3n) is 3.08. The van der Waals surface area contributed by atoms with E-state index in [1.165, 1.54) is 11.3 Å². The molecule has 0 spiro atoms. The molecule has 3 nitrogen and oxygen atoms in total. The van der Waals surface area contributed by atoms with Crippen LogP contribution in [0.3, 0.4) is 0 Å². The largest absolute Gasteiger partial charge is 0.390 e. The summed E-state index contributed by atoms with van der Waals surface area (Å²) in [4.78, 5) is 4.42. The molecule has 0 fully saturated rings. The maximum Gasteiger partial charge on any atom is 0.0853 e.